The Balaban J connectivity index is 1.43. The minimum absolute atomic E-state index is 0.0474. The summed E-state index contributed by atoms with van der Waals surface area (Å²) in [5.41, 5.74) is 1.41. The van der Waals surface area contributed by atoms with Crippen LogP contribution in [0.5, 0.6) is 17.2 Å². The minimum atomic E-state index is -0.315. The number of aromatic nitrogens is 2. The van der Waals surface area contributed by atoms with Gasteiger partial charge in [0.1, 0.15) is 11.6 Å². The third-order valence-electron chi connectivity index (χ3n) is 6.03. The number of piperidine rings is 1. The van der Waals surface area contributed by atoms with Crippen molar-refractivity contribution in [3.63, 3.8) is 0 Å². The fraction of sp³-hybridized carbons (Fsp3) is 0.346. The van der Waals surface area contributed by atoms with Crippen molar-refractivity contribution in [1.82, 2.24) is 15.3 Å². The Morgan fingerprint density at radius 1 is 1.11 bits per heavy atom. The molecule has 0 unspecified atom stereocenters. The van der Waals surface area contributed by atoms with Gasteiger partial charge in [-0.15, -0.1) is 0 Å². The second-order valence-corrected chi connectivity index (χ2v) is 8.41. The summed E-state index contributed by atoms with van der Waals surface area (Å²) in [6.45, 7) is 1.62. The van der Waals surface area contributed by atoms with Gasteiger partial charge in [0.2, 0.25) is 17.6 Å². The van der Waals surface area contributed by atoms with E-state index in [1.54, 1.807) is 51.8 Å². The van der Waals surface area contributed by atoms with Gasteiger partial charge in [0.05, 0.1) is 27.2 Å². The number of nitrogens with zero attached hydrogens (tertiary/aromatic N) is 3. The number of carbonyl (C=O) groups is 1. The van der Waals surface area contributed by atoms with Crippen molar-refractivity contribution in [2.45, 2.75) is 19.4 Å². The van der Waals surface area contributed by atoms with Crippen LogP contribution in [0.3, 0.4) is 0 Å². The maximum absolute atomic E-state index is 13.4. The summed E-state index contributed by atoms with van der Waals surface area (Å²) < 4.78 is 29.6. The predicted molar refractivity (Wildman–Crippen MR) is 135 cm³/mol. The topological polar surface area (TPSA) is 97.8 Å². The van der Waals surface area contributed by atoms with Gasteiger partial charge in [-0.3, -0.25) is 4.79 Å². The summed E-state index contributed by atoms with van der Waals surface area (Å²) in [6, 6.07) is 11.6. The van der Waals surface area contributed by atoms with Crippen LogP contribution >= 0.6 is 0 Å². The number of ether oxygens (including phenoxy) is 3. The van der Waals surface area contributed by atoms with Crippen LogP contribution in [-0.2, 0) is 11.3 Å². The van der Waals surface area contributed by atoms with E-state index in [1.165, 1.54) is 12.1 Å². The Bertz CT molecular complexity index is 1180. The number of amides is 1. The number of nitrogens with one attached hydrogen (secondary N) is 2. The van der Waals surface area contributed by atoms with Crippen molar-refractivity contribution in [3.05, 3.63) is 60.0 Å². The first-order valence-electron chi connectivity index (χ1n) is 11.7. The Labute approximate surface area is 209 Å². The molecule has 1 saturated heterocycles. The third-order valence-corrected chi connectivity index (χ3v) is 6.03. The molecule has 1 atom stereocenters. The first-order chi connectivity index (χ1) is 17.5. The molecule has 36 heavy (non-hydrogen) atoms. The highest BCUT2D eigenvalue weighted by molar-refractivity contribution is 5.79. The van der Waals surface area contributed by atoms with Crippen LogP contribution in [0, 0.1) is 11.7 Å². The molecule has 2 aromatic carbocycles. The van der Waals surface area contributed by atoms with Crippen molar-refractivity contribution in [2.24, 2.45) is 5.92 Å². The fourth-order valence-corrected chi connectivity index (χ4v) is 4.25. The average Bonchev–Trinajstić information content (AvgIpc) is 2.91. The van der Waals surface area contributed by atoms with Crippen LogP contribution in [0.1, 0.15) is 18.4 Å². The van der Waals surface area contributed by atoms with E-state index in [4.69, 9.17) is 14.2 Å². The summed E-state index contributed by atoms with van der Waals surface area (Å²) in [5.74, 6) is 2.10. The van der Waals surface area contributed by atoms with E-state index in [0.717, 1.165) is 30.8 Å². The van der Waals surface area contributed by atoms with E-state index < -0.39 is 0 Å². The van der Waals surface area contributed by atoms with Gasteiger partial charge < -0.3 is 29.7 Å². The van der Waals surface area contributed by atoms with Crippen LogP contribution in [0.15, 0.2) is 48.7 Å². The standard InChI is InChI=1S/C26H30FN5O4/c1-34-21-13-20(14-22(35-2)24(21)36-3)30-26-28-10-9-23(31-26)32-11-5-7-18(16-32)25(33)29-15-17-6-4-8-19(27)12-17/h4,6,8-10,12-14,18H,5,7,11,15-16H2,1-3H3,(H,29,33)(H,28,30,31)/t18-/m0/s1. The first kappa shape index (κ1) is 25.0. The van der Waals surface area contributed by atoms with E-state index in [0.29, 0.717) is 42.0 Å². The highest BCUT2D eigenvalue weighted by Crippen LogP contribution is 2.40. The Hall–Kier alpha value is -4.08. The van der Waals surface area contributed by atoms with Gasteiger partial charge in [-0.2, -0.15) is 4.98 Å². The smallest absolute Gasteiger partial charge is 0.229 e. The Kier molecular flexibility index (Phi) is 8.04. The number of hydrogen-bond donors (Lipinski definition) is 2. The summed E-state index contributed by atoms with van der Waals surface area (Å²) in [6.07, 6.45) is 3.32. The Morgan fingerprint density at radius 3 is 2.58 bits per heavy atom. The lowest BCUT2D eigenvalue weighted by Crippen LogP contribution is -2.43. The minimum Gasteiger partial charge on any atom is -0.493 e. The molecule has 1 fully saturated rings. The highest BCUT2D eigenvalue weighted by Gasteiger charge is 2.26. The summed E-state index contributed by atoms with van der Waals surface area (Å²) in [5, 5.41) is 6.12. The number of methoxy groups -OCH3 is 3. The fourth-order valence-electron chi connectivity index (χ4n) is 4.25. The summed E-state index contributed by atoms with van der Waals surface area (Å²) in [4.78, 5) is 23.9. The molecule has 1 aromatic heterocycles. The molecular formula is C26H30FN5O4. The van der Waals surface area contributed by atoms with Gasteiger partial charge in [0.25, 0.3) is 0 Å². The molecule has 0 aliphatic carbocycles. The van der Waals surface area contributed by atoms with Gasteiger partial charge in [0, 0.05) is 43.7 Å². The molecule has 2 heterocycles. The van der Waals surface area contributed by atoms with Crippen molar-refractivity contribution in [1.29, 1.82) is 0 Å². The van der Waals surface area contributed by atoms with E-state index >= 15 is 0 Å². The number of hydrogen-bond acceptors (Lipinski definition) is 8. The average molecular weight is 496 g/mol. The van der Waals surface area contributed by atoms with Gasteiger partial charge in [-0.1, -0.05) is 12.1 Å². The van der Waals surface area contributed by atoms with Crippen LogP contribution in [0.25, 0.3) is 0 Å². The zero-order chi connectivity index (χ0) is 25.5. The number of anilines is 3. The largest absolute Gasteiger partial charge is 0.493 e. The van der Waals surface area contributed by atoms with Crippen molar-refractivity contribution >= 4 is 23.4 Å². The van der Waals surface area contributed by atoms with E-state index in [2.05, 4.69) is 25.5 Å². The number of benzene rings is 2. The lowest BCUT2D eigenvalue weighted by atomic mass is 9.97. The van der Waals surface area contributed by atoms with E-state index in [9.17, 15) is 9.18 Å². The molecule has 2 N–H and O–H groups in total. The maximum Gasteiger partial charge on any atom is 0.229 e. The molecule has 190 valence electrons. The summed E-state index contributed by atoms with van der Waals surface area (Å²) in [7, 11) is 4.66. The molecule has 0 bridgehead atoms. The van der Waals surface area contributed by atoms with Crippen LogP contribution in [0.2, 0.25) is 0 Å². The lowest BCUT2D eigenvalue weighted by molar-refractivity contribution is -0.125. The molecule has 9 nitrogen and oxygen atoms in total. The molecule has 0 radical (unpaired) electrons. The van der Waals surface area contributed by atoms with Crippen molar-refractivity contribution < 1.29 is 23.4 Å². The summed E-state index contributed by atoms with van der Waals surface area (Å²) >= 11 is 0. The molecule has 0 spiro atoms. The molecule has 1 amide bonds. The monoisotopic (exact) mass is 495 g/mol. The second-order valence-electron chi connectivity index (χ2n) is 8.41. The molecule has 0 saturated carbocycles. The Morgan fingerprint density at radius 2 is 1.89 bits per heavy atom. The molecule has 1 aliphatic rings. The van der Waals surface area contributed by atoms with Crippen LogP contribution in [0.4, 0.5) is 21.8 Å². The zero-order valence-corrected chi connectivity index (χ0v) is 20.6. The number of rotatable bonds is 9. The van der Waals surface area contributed by atoms with Gasteiger partial charge in [-0.25, -0.2) is 9.37 Å². The quantitative estimate of drug-likeness (QED) is 0.461. The highest BCUT2D eigenvalue weighted by atomic mass is 19.1. The molecular weight excluding hydrogens is 465 g/mol. The third kappa shape index (κ3) is 5.94. The van der Waals surface area contributed by atoms with Gasteiger partial charge in [-0.05, 0) is 36.6 Å². The number of carbonyl (C=O) groups excluding carboxylic acids is 1. The van der Waals surface area contributed by atoms with Crippen molar-refractivity contribution in [3.8, 4) is 17.2 Å². The zero-order valence-electron chi connectivity index (χ0n) is 20.6. The lowest BCUT2D eigenvalue weighted by Gasteiger charge is -2.33. The SMILES string of the molecule is COc1cc(Nc2nccc(N3CCC[C@H](C(=O)NCc4cccc(F)c4)C3)n2)cc(OC)c1OC. The van der Waals surface area contributed by atoms with E-state index in [-0.39, 0.29) is 17.6 Å². The molecule has 10 heteroatoms. The van der Waals surface area contributed by atoms with Crippen molar-refractivity contribution in [2.75, 3.05) is 44.6 Å². The van der Waals surface area contributed by atoms with E-state index in [1.807, 2.05) is 6.07 Å². The van der Waals surface area contributed by atoms with Crippen LogP contribution in [-0.4, -0.2) is 50.3 Å². The normalized spacial score (nSPS) is 15.2. The first-order valence-corrected chi connectivity index (χ1v) is 11.7. The molecule has 4 rings (SSSR count). The maximum atomic E-state index is 13.4. The van der Waals surface area contributed by atoms with Gasteiger partial charge >= 0.3 is 0 Å². The molecule has 1 aliphatic heterocycles. The van der Waals surface area contributed by atoms with Crippen LogP contribution < -0.4 is 29.7 Å². The molecule has 3 aromatic rings. The predicted octanol–water partition coefficient (Wildman–Crippen LogP) is 3.92. The van der Waals surface area contributed by atoms with Gasteiger partial charge in [0.15, 0.2) is 11.5 Å². The number of halogens is 1. The second kappa shape index (κ2) is 11.6.